The Bertz CT molecular complexity index is 551. The summed E-state index contributed by atoms with van der Waals surface area (Å²) in [6.07, 6.45) is 2.72. The van der Waals surface area contributed by atoms with E-state index in [-0.39, 0.29) is 5.54 Å². The van der Waals surface area contributed by atoms with Crippen molar-refractivity contribution in [3.8, 4) is 0 Å². The Balaban J connectivity index is 2.66. The van der Waals surface area contributed by atoms with Gasteiger partial charge in [-0.3, -0.25) is 4.98 Å². The average molecular weight is 228 g/mol. The zero-order valence-electron chi connectivity index (χ0n) is 11.0. The predicted octanol–water partition coefficient (Wildman–Crippen LogP) is 3.13. The maximum absolute atomic E-state index is 6.12. The number of aryl methyl sites for hydroxylation is 2. The number of hydrogen-bond donors (Lipinski definition) is 1. The van der Waals surface area contributed by atoms with Gasteiger partial charge in [-0.15, -0.1) is 0 Å². The highest BCUT2D eigenvalue weighted by Gasteiger charge is 2.15. The summed E-state index contributed by atoms with van der Waals surface area (Å²) in [4.78, 5) is 4.51. The zero-order chi connectivity index (χ0) is 12.6. The molecule has 0 spiro atoms. The molecule has 1 aromatic heterocycles. The second-order valence-electron chi connectivity index (χ2n) is 5.61. The van der Waals surface area contributed by atoms with E-state index in [4.69, 9.17) is 5.73 Å². The van der Waals surface area contributed by atoms with Gasteiger partial charge in [-0.05, 0) is 57.4 Å². The Morgan fingerprint density at radius 3 is 2.59 bits per heavy atom. The molecule has 0 saturated heterocycles. The van der Waals surface area contributed by atoms with Crippen LogP contribution in [0.5, 0.6) is 0 Å². The summed E-state index contributed by atoms with van der Waals surface area (Å²) in [7, 11) is 0. The third kappa shape index (κ3) is 2.64. The van der Waals surface area contributed by atoms with E-state index in [0.717, 1.165) is 11.9 Å². The van der Waals surface area contributed by atoms with Gasteiger partial charge < -0.3 is 5.73 Å². The minimum absolute atomic E-state index is 0.202. The van der Waals surface area contributed by atoms with E-state index in [1.807, 2.05) is 6.20 Å². The molecule has 0 fully saturated rings. The average Bonchev–Trinajstić information content (AvgIpc) is 2.17. The number of hydrogen-bond acceptors (Lipinski definition) is 2. The summed E-state index contributed by atoms with van der Waals surface area (Å²) in [5, 5.41) is 1.24. The van der Waals surface area contributed by atoms with Crippen LogP contribution in [-0.4, -0.2) is 10.5 Å². The second kappa shape index (κ2) is 4.11. The minimum atomic E-state index is -0.202. The van der Waals surface area contributed by atoms with E-state index in [1.165, 1.54) is 22.1 Å². The first-order valence-corrected chi connectivity index (χ1v) is 6.00. The molecule has 0 unspecified atom stereocenters. The fraction of sp³-hybridized carbons (Fsp3) is 0.400. The number of rotatable bonds is 2. The van der Waals surface area contributed by atoms with Crippen molar-refractivity contribution in [3.05, 3.63) is 41.1 Å². The van der Waals surface area contributed by atoms with Crippen LogP contribution in [0.1, 0.15) is 30.5 Å². The van der Waals surface area contributed by atoms with Crippen LogP contribution in [0.25, 0.3) is 10.9 Å². The molecular formula is C15H20N2. The van der Waals surface area contributed by atoms with Crippen LogP contribution in [0, 0.1) is 13.8 Å². The third-order valence-corrected chi connectivity index (χ3v) is 2.93. The third-order valence-electron chi connectivity index (χ3n) is 2.93. The number of fused-ring (bicyclic) bond motifs is 1. The SMILES string of the molecule is Cc1cc(CC(C)(C)N)c2nccc(C)c2c1. The maximum atomic E-state index is 6.12. The lowest BCUT2D eigenvalue weighted by Crippen LogP contribution is -2.34. The van der Waals surface area contributed by atoms with Crippen LogP contribution in [0.3, 0.4) is 0 Å². The molecule has 1 aromatic carbocycles. The standard InChI is InChI=1S/C15H20N2/c1-10-7-12(9-15(3,4)16)14-13(8-10)11(2)5-6-17-14/h5-8H,9,16H2,1-4H3. The van der Waals surface area contributed by atoms with Crippen molar-refractivity contribution in [3.63, 3.8) is 0 Å². The molecule has 2 aromatic rings. The fourth-order valence-electron chi connectivity index (χ4n) is 2.25. The summed E-state index contributed by atoms with van der Waals surface area (Å²) in [5.41, 5.74) is 10.8. The molecule has 90 valence electrons. The van der Waals surface area contributed by atoms with Crippen molar-refractivity contribution in [1.82, 2.24) is 4.98 Å². The number of aromatic nitrogens is 1. The first-order valence-electron chi connectivity index (χ1n) is 6.00. The highest BCUT2D eigenvalue weighted by atomic mass is 14.7. The minimum Gasteiger partial charge on any atom is -0.325 e. The van der Waals surface area contributed by atoms with Crippen molar-refractivity contribution in [2.24, 2.45) is 5.73 Å². The van der Waals surface area contributed by atoms with Crippen molar-refractivity contribution in [2.45, 2.75) is 39.7 Å². The van der Waals surface area contributed by atoms with Crippen LogP contribution in [0.4, 0.5) is 0 Å². The summed E-state index contributed by atoms with van der Waals surface area (Å²) < 4.78 is 0. The van der Waals surface area contributed by atoms with E-state index in [9.17, 15) is 0 Å². The predicted molar refractivity (Wildman–Crippen MR) is 73.2 cm³/mol. The van der Waals surface area contributed by atoms with E-state index < -0.39 is 0 Å². The number of nitrogens with zero attached hydrogens (tertiary/aromatic N) is 1. The molecule has 2 rings (SSSR count). The first-order chi connectivity index (χ1) is 7.87. The van der Waals surface area contributed by atoms with Gasteiger partial charge in [0, 0.05) is 17.1 Å². The smallest absolute Gasteiger partial charge is 0.0737 e. The van der Waals surface area contributed by atoms with Crippen LogP contribution in [0.15, 0.2) is 24.4 Å². The van der Waals surface area contributed by atoms with Crippen LogP contribution < -0.4 is 5.73 Å². The van der Waals surface area contributed by atoms with Gasteiger partial charge in [0.25, 0.3) is 0 Å². The summed E-state index contributed by atoms with van der Waals surface area (Å²) in [5.74, 6) is 0. The van der Waals surface area contributed by atoms with Crippen molar-refractivity contribution in [2.75, 3.05) is 0 Å². The van der Waals surface area contributed by atoms with E-state index in [1.54, 1.807) is 0 Å². The molecule has 2 nitrogen and oxygen atoms in total. The van der Waals surface area contributed by atoms with Gasteiger partial charge in [0.2, 0.25) is 0 Å². The highest BCUT2D eigenvalue weighted by molar-refractivity contribution is 5.85. The van der Waals surface area contributed by atoms with Crippen LogP contribution in [-0.2, 0) is 6.42 Å². The Labute approximate surface area is 103 Å². The molecule has 0 bridgehead atoms. The molecule has 1 heterocycles. The van der Waals surface area contributed by atoms with Gasteiger partial charge in [0.15, 0.2) is 0 Å². The molecule has 0 atom stereocenters. The van der Waals surface area contributed by atoms with Gasteiger partial charge in [-0.1, -0.05) is 11.6 Å². The van der Waals surface area contributed by atoms with E-state index >= 15 is 0 Å². The van der Waals surface area contributed by atoms with Gasteiger partial charge in [-0.25, -0.2) is 0 Å². The normalized spacial score (nSPS) is 12.1. The number of nitrogens with two attached hydrogens (primary N) is 1. The summed E-state index contributed by atoms with van der Waals surface area (Å²) in [6, 6.07) is 6.45. The fourth-order valence-corrected chi connectivity index (χ4v) is 2.25. The first kappa shape index (κ1) is 12.1. The second-order valence-corrected chi connectivity index (χ2v) is 5.61. The Hall–Kier alpha value is -1.41. The summed E-state index contributed by atoms with van der Waals surface area (Å²) in [6.45, 7) is 8.35. The lowest BCUT2D eigenvalue weighted by molar-refractivity contribution is 0.518. The van der Waals surface area contributed by atoms with Gasteiger partial charge in [0.05, 0.1) is 5.52 Å². The maximum Gasteiger partial charge on any atom is 0.0737 e. The molecule has 17 heavy (non-hydrogen) atoms. The van der Waals surface area contributed by atoms with Crippen molar-refractivity contribution < 1.29 is 0 Å². The summed E-state index contributed by atoms with van der Waals surface area (Å²) >= 11 is 0. The van der Waals surface area contributed by atoms with Crippen molar-refractivity contribution in [1.29, 1.82) is 0 Å². The van der Waals surface area contributed by atoms with E-state index in [0.29, 0.717) is 0 Å². The zero-order valence-corrected chi connectivity index (χ0v) is 11.0. The van der Waals surface area contributed by atoms with Gasteiger partial charge >= 0.3 is 0 Å². The molecule has 2 N–H and O–H groups in total. The Morgan fingerprint density at radius 2 is 1.94 bits per heavy atom. The monoisotopic (exact) mass is 228 g/mol. The quantitative estimate of drug-likeness (QED) is 0.857. The number of benzene rings is 1. The molecule has 2 heteroatoms. The molecular weight excluding hydrogens is 208 g/mol. The highest BCUT2D eigenvalue weighted by Crippen LogP contribution is 2.24. The number of pyridine rings is 1. The largest absolute Gasteiger partial charge is 0.325 e. The molecule has 0 saturated carbocycles. The molecule has 0 aliphatic heterocycles. The van der Waals surface area contributed by atoms with E-state index in [2.05, 4.69) is 50.9 Å². The van der Waals surface area contributed by atoms with Gasteiger partial charge in [0.1, 0.15) is 0 Å². The Morgan fingerprint density at radius 1 is 1.24 bits per heavy atom. The lowest BCUT2D eigenvalue weighted by atomic mass is 9.92. The topological polar surface area (TPSA) is 38.9 Å². The molecule has 0 aliphatic rings. The molecule has 0 radical (unpaired) electrons. The molecule has 0 aliphatic carbocycles. The Kier molecular flexibility index (Phi) is 2.92. The molecule has 0 amide bonds. The van der Waals surface area contributed by atoms with Gasteiger partial charge in [-0.2, -0.15) is 0 Å². The van der Waals surface area contributed by atoms with Crippen molar-refractivity contribution >= 4 is 10.9 Å². The lowest BCUT2D eigenvalue weighted by Gasteiger charge is -2.20. The van der Waals surface area contributed by atoms with Crippen LogP contribution >= 0.6 is 0 Å². The van der Waals surface area contributed by atoms with Crippen LogP contribution in [0.2, 0.25) is 0 Å².